The van der Waals surface area contributed by atoms with E-state index < -0.39 is 0 Å². The zero-order chi connectivity index (χ0) is 13.0. The van der Waals surface area contributed by atoms with Crippen LogP contribution in [-0.2, 0) is 9.47 Å². The molecule has 4 heteroatoms. The molecule has 1 spiro atoms. The van der Waals surface area contributed by atoms with E-state index in [0.29, 0.717) is 19.1 Å². The van der Waals surface area contributed by atoms with Crippen LogP contribution in [0.2, 0.25) is 0 Å². The third-order valence-electron chi connectivity index (χ3n) is 3.64. The number of aliphatic imine (C=N–C) groups is 1. The van der Waals surface area contributed by atoms with Gasteiger partial charge in [-0.2, -0.15) is 0 Å². The molecule has 1 saturated carbocycles. The molecule has 2 fully saturated rings. The van der Waals surface area contributed by atoms with E-state index in [0.717, 1.165) is 31.4 Å². The van der Waals surface area contributed by atoms with Crippen molar-refractivity contribution < 1.29 is 14.6 Å². The van der Waals surface area contributed by atoms with E-state index in [1.165, 1.54) is 6.21 Å². The lowest BCUT2D eigenvalue weighted by atomic mass is 9.83. The Morgan fingerprint density at radius 3 is 2.44 bits per heavy atom. The Morgan fingerprint density at radius 1 is 1.33 bits per heavy atom. The Bertz CT molecular complexity index is 357. The van der Waals surface area contributed by atoms with Gasteiger partial charge in [0.15, 0.2) is 5.79 Å². The molecule has 1 N–H and O–H groups in total. The van der Waals surface area contributed by atoms with Crippen molar-refractivity contribution in [3.63, 3.8) is 0 Å². The molecule has 0 atom stereocenters. The summed E-state index contributed by atoms with van der Waals surface area (Å²) in [4.78, 5) is 4.29. The molecule has 1 aliphatic carbocycles. The third kappa shape index (κ3) is 3.00. The summed E-state index contributed by atoms with van der Waals surface area (Å²) < 4.78 is 11.4. The highest BCUT2D eigenvalue weighted by Crippen LogP contribution is 2.40. The van der Waals surface area contributed by atoms with E-state index in [1.807, 2.05) is 13.0 Å². The van der Waals surface area contributed by atoms with Crippen LogP contribution >= 0.6 is 0 Å². The zero-order valence-electron chi connectivity index (χ0n) is 10.9. The third-order valence-corrected chi connectivity index (χ3v) is 3.64. The summed E-state index contributed by atoms with van der Waals surface area (Å²) in [7, 11) is 0. The molecule has 4 nitrogen and oxygen atoms in total. The number of aliphatic hydroxyl groups excluding tert-OH is 1. The second kappa shape index (κ2) is 5.67. The fourth-order valence-corrected chi connectivity index (χ4v) is 2.70. The van der Waals surface area contributed by atoms with E-state index in [4.69, 9.17) is 14.6 Å². The lowest BCUT2D eigenvalue weighted by Crippen LogP contribution is -2.35. The van der Waals surface area contributed by atoms with Gasteiger partial charge in [-0.3, -0.25) is 4.99 Å². The Labute approximate surface area is 108 Å². The van der Waals surface area contributed by atoms with Crippen LogP contribution < -0.4 is 0 Å². The molecule has 100 valence electrons. The number of rotatable bonds is 3. The normalized spacial score (nSPS) is 25.1. The second-order valence-corrected chi connectivity index (χ2v) is 4.84. The van der Waals surface area contributed by atoms with Crippen LogP contribution in [0, 0.1) is 5.92 Å². The smallest absolute Gasteiger partial charge is 0.168 e. The van der Waals surface area contributed by atoms with E-state index in [9.17, 15) is 0 Å². The van der Waals surface area contributed by atoms with Crippen LogP contribution in [0.1, 0.15) is 32.6 Å². The molecule has 2 rings (SSSR count). The largest absolute Gasteiger partial charge is 0.507 e. The monoisotopic (exact) mass is 251 g/mol. The van der Waals surface area contributed by atoms with Crippen LogP contribution in [0.3, 0.4) is 0 Å². The minimum absolute atomic E-state index is 0.0101. The van der Waals surface area contributed by atoms with Crippen molar-refractivity contribution in [2.24, 2.45) is 10.9 Å². The SMILES string of the molecule is C=C(O)/C=N\C(=C/C)C1CCC2(CC1)OCCO2. The van der Waals surface area contributed by atoms with Crippen LogP contribution in [0.15, 0.2) is 29.1 Å². The minimum atomic E-state index is -0.320. The van der Waals surface area contributed by atoms with Gasteiger partial charge in [0.05, 0.1) is 19.4 Å². The van der Waals surface area contributed by atoms with Crippen molar-refractivity contribution in [3.05, 3.63) is 24.1 Å². The van der Waals surface area contributed by atoms with Gasteiger partial charge in [0.25, 0.3) is 0 Å². The molecule has 0 bridgehead atoms. The maximum absolute atomic E-state index is 9.05. The first kappa shape index (κ1) is 13.3. The Morgan fingerprint density at radius 2 is 1.94 bits per heavy atom. The quantitative estimate of drug-likeness (QED) is 0.619. The Kier molecular flexibility index (Phi) is 4.19. The standard InChI is InChI=1S/C14H21NO3/c1-3-13(15-10-11(2)16)12-4-6-14(7-5-12)17-8-9-18-14/h3,10,12,16H,2,4-9H2,1H3/b13-3-,15-10-. The van der Waals surface area contributed by atoms with E-state index in [1.54, 1.807) is 0 Å². The number of aliphatic hydroxyl groups is 1. The number of hydrogen-bond donors (Lipinski definition) is 1. The average Bonchev–Trinajstić information content (AvgIpc) is 2.80. The summed E-state index contributed by atoms with van der Waals surface area (Å²) in [5, 5.41) is 9.05. The summed E-state index contributed by atoms with van der Waals surface area (Å²) in [5.41, 5.74) is 1.01. The second-order valence-electron chi connectivity index (χ2n) is 4.84. The first-order chi connectivity index (χ1) is 8.65. The fraction of sp³-hybridized carbons (Fsp3) is 0.643. The van der Waals surface area contributed by atoms with Crippen LogP contribution in [0.25, 0.3) is 0 Å². The molecule has 18 heavy (non-hydrogen) atoms. The molecular formula is C14H21NO3. The van der Waals surface area contributed by atoms with Gasteiger partial charge in [0.2, 0.25) is 0 Å². The van der Waals surface area contributed by atoms with Crippen molar-refractivity contribution in [2.75, 3.05) is 13.2 Å². The Balaban J connectivity index is 1.93. The predicted octanol–water partition coefficient (Wildman–Crippen LogP) is 2.97. The molecule has 1 heterocycles. The van der Waals surface area contributed by atoms with E-state index in [2.05, 4.69) is 11.6 Å². The molecular weight excluding hydrogens is 230 g/mol. The van der Waals surface area contributed by atoms with Crippen molar-refractivity contribution in [2.45, 2.75) is 38.4 Å². The van der Waals surface area contributed by atoms with Gasteiger partial charge in [0.1, 0.15) is 5.76 Å². The summed E-state index contributed by atoms with van der Waals surface area (Å²) in [6.45, 7) is 6.80. The van der Waals surface area contributed by atoms with E-state index >= 15 is 0 Å². The molecule has 1 saturated heterocycles. The fourth-order valence-electron chi connectivity index (χ4n) is 2.70. The van der Waals surface area contributed by atoms with Crippen molar-refractivity contribution in [1.29, 1.82) is 0 Å². The Hall–Kier alpha value is -1.13. The van der Waals surface area contributed by atoms with Crippen LogP contribution in [-0.4, -0.2) is 30.3 Å². The van der Waals surface area contributed by atoms with Gasteiger partial charge in [0, 0.05) is 24.5 Å². The lowest BCUT2D eigenvalue weighted by Gasteiger charge is -2.35. The first-order valence-electron chi connectivity index (χ1n) is 6.51. The van der Waals surface area contributed by atoms with Gasteiger partial charge >= 0.3 is 0 Å². The predicted molar refractivity (Wildman–Crippen MR) is 70.6 cm³/mol. The highest BCUT2D eigenvalue weighted by atomic mass is 16.7. The minimum Gasteiger partial charge on any atom is -0.507 e. The maximum Gasteiger partial charge on any atom is 0.168 e. The zero-order valence-corrected chi connectivity index (χ0v) is 10.9. The topological polar surface area (TPSA) is 51.1 Å². The van der Waals surface area contributed by atoms with Crippen molar-refractivity contribution in [1.82, 2.24) is 0 Å². The van der Waals surface area contributed by atoms with Crippen molar-refractivity contribution in [3.8, 4) is 0 Å². The van der Waals surface area contributed by atoms with Gasteiger partial charge < -0.3 is 14.6 Å². The van der Waals surface area contributed by atoms with Gasteiger partial charge in [-0.15, -0.1) is 0 Å². The molecule has 0 aromatic carbocycles. The average molecular weight is 251 g/mol. The maximum atomic E-state index is 9.05. The summed E-state index contributed by atoms with van der Waals surface area (Å²) in [5.74, 6) is 0.0905. The number of nitrogens with zero attached hydrogens (tertiary/aromatic N) is 1. The lowest BCUT2D eigenvalue weighted by molar-refractivity contribution is -0.180. The van der Waals surface area contributed by atoms with Gasteiger partial charge in [-0.25, -0.2) is 0 Å². The first-order valence-corrected chi connectivity index (χ1v) is 6.51. The number of allylic oxidation sites excluding steroid dienone is 3. The summed E-state index contributed by atoms with van der Waals surface area (Å²) in [6.07, 6.45) is 7.26. The highest BCUT2D eigenvalue weighted by molar-refractivity contribution is 5.75. The highest BCUT2D eigenvalue weighted by Gasteiger charge is 2.40. The van der Waals surface area contributed by atoms with Crippen molar-refractivity contribution >= 4 is 6.21 Å². The summed E-state index contributed by atoms with van der Waals surface area (Å²) in [6, 6.07) is 0. The molecule has 0 aromatic rings. The molecule has 2 aliphatic rings. The van der Waals surface area contributed by atoms with Gasteiger partial charge in [-0.1, -0.05) is 12.7 Å². The van der Waals surface area contributed by atoms with E-state index in [-0.39, 0.29) is 11.5 Å². The van der Waals surface area contributed by atoms with Crippen LogP contribution in [0.5, 0.6) is 0 Å². The van der Waals surface area contributed by atoms with Gasteiger partial charge in [-0.05, 0) is 19.8 Å². The molecule has 0 radical (unpaired) electrons. The number of ether oxygens (including phenoxy) is 2. The summed E-state index contributed by atoms with van der Waals surface area (Å²) >= 11 is 0. The molecule has 0 amide bonds. The molecule has 0 unspecified atom stereocenters. The van der Waals surface area contributed by atoms with Crippen LogP contribution in [0.4, 0.5) is 0 Å². The number of hydrogen-bond acceptors (Lipinski definition) is 4. The molecule has 1 aliphatic heterocycles. The molecule has 0 aromatic heterocycles.